The molecular weight excluding hydrogens is 198 g/mol. The van der Waals surface area contributed by atoms with Crippen LogP contribution >= 0.6 is 0 Å². The van der Waals surface area contributed by atoms with E-state index in [-0.39, 0.29) is 12.0 Å². The van der Waals surface area contributed by atoms with Crippen molar-refractivity contribution in [3.8, 4) is 0 Å². The van der Waals surface area contributed by atoms with Gasteiger partial charge in [0.25, 0.3) is 0 Å². The lowest BCUT2D eigenvalue weighted by Crippen LogP contribution is -2.48. The van der Waals surface area contributed by atoms with Crippen molar-refractivity contribution in [1.29, 1.82) is 0 Å². The van der Waals surface area contributed by atoms with E-state index in [4.69, 9.17) is 14.6 Å². The smallest absolute Gasteiger partial charge is 0.308 e. The van der Waals surface area contributed by atoms with E-state index in [9.17, 15) is 4.79 Å². The minimum absolute atomic E-state index is 0.133. The maximum absolute atomic E-state index is 10.7. The number of carboxylic acid groups (broad SMARTS) is 1. The zero-order valence-electron chi connectivity index (χ0n) is 9.07. The Kier molecular flexibility index (Phi) is 5.60. The van der Waals surface area contributed by atoms with Crippen LogP contribution < -0.4 is 5.32 Å². The maximum Gasteiger partial charge on any atom is 0.308 e. The fourth-order valence-corrected chi connectivity index (χ4v) is 1.60. The number of methoxy groups -OCH3 is 1. The fourth-order valence-electron chi connectivity index (χ4n) is 1.60. The van der Waals surface area contributed by atoms with Crippen LogP contribution in [-0.2, 0) is 14.3 Å². The van der Waals surface area contributed by atoms with Crippen molar-refractivity contribution in [3.63, 3.8) is 0 Å². The highest BCUT2D eigenvalue weighted by Crippen LogP contribution is 2.27. The average molecular weight is 217 g/mol. The Bertz CT molecular complexity index is 198. The number of hydrogen-bond donors (Lipinski definition) is 2. The molecule has 0 amide bonds. The van der Waals surface area contributed by atoms with Gasteiger partial charge in [-0.3, -0.25) is 4.79 Å². The molecule has 0 saturated heterocycles. The summed E-state index contributed by atoms with van der Waals surface area (Å²) in [7, 11) is 1.63. The van der Waals surface area contributed by atoms with Crippen molar-refractivity contribution >= 4 is 5.97 Å². The molecule has 0 radical (unpaired) electrons. The topological polar surface area (TPSA) is 67.8 Å². The molecule has 0 bridgehead atoms. The second kappa shape index (κ2) is 6.76. The van der Waals surface area contributed by atoms with Crippen LogP contribution in [-0.4, -0.2) is 50.6 Å². The SMILES string of the molecule is COCCOCCNC1CCC1C(=O)O. The minimum Gasteiger partial charge on any atom is -0.481 e. The Labute approximate surface area is 89.8 Å². The summed E-state index contributed by atoms with van der Waals surface area (Å²) < 4.78 is 10.1. The van der Waals surface area contributed by atoms with Crippen LogP contribution in [0, 0.1) is 5.92 Å². The molecule has 15 heavy (non-hydrogen) atoms. The Balaban J connectivity index is 1.94. The average Bonchev–Trinajstić information content (AvgIpc) is 2.13. The summed E-state index contributed by atoms with van der Waals surface area (Å²) in [5.41, 5.74) is 0. The number of carbonyl (C=O) groups is 1. The van der Waals surface area contributed by atoms with Crippen molar-refractivity contribution in [2.45, 2.75) is 18.9 Å². The predicted octanol–water partition coefficient (Wildman–Crippen LogP) is 0.102. The molecular formula is C10H19NO4. The lowest BCUT2D eigenvalue weighted by Gasteiger charge is -2.34. The van der Waals surface area contributed by atoms with E-state index in [0.717, 1.165) is 12.8 Å². The monoisotopic (exact) mass is 217 g/mol. The highest BCUT2D eigenvalue weighted by atomic mass is 16.5. The van der Waals surface area contributed by atoms with Gasteiger partial charge in [0.2, 0.25) is 0 Å². The van der Waals surface area contributed by atoms with Crippen LogP contribution in [0.15, 0.2) is 0 Å². The Morgan fingerprint density at radius 3 is 2.73 bits per heavy atom. The number of aliphatic carboxylic acids is 1. The summed E-state index contributed by atoms with van der Waals surface area (Å²) in [6.45, 7) is 2.50. The van der Waals surface area contributed by atoms with Crippen molar-refractivity contribution in [2.75, 3.05) is 33.5 Å². The van der Waals surface area contributed by atoms with Crippen LogP contribution in [0.1, 0.15) is 12.8 Å². The van der Waals surface area contributed by atoms with E-state index in [1.165, 1.54) is 0 Å². The number of rotatable bonds is 8. The standard InChI is InChI=1S/C10H19NO4/c1-14-6-7-15-5-4-11-9-3-2-8(9)10(12)13/h8-9,11H,2-7H2,1H3,(H,12,13). The van der Waals surface area contributed by atoms with E-state index < -0.39 is 5.97 Å². The molecule has 0 aliphatic heterocycles. The number of carboxylic acids is 1. The van der Waals surface area contributed by atoms with Gasteiger partial charge in [-0.1, -0.05) is 0 Å². The van der Waals surface area contributed by atoms with E-state index in [0.29, 0.717) is 26.4 Å². The molecule has 2 N–H and O–H groups in total. The van der Waals surface area contributed by atoms with Gasteiger partial charge in [0.1, 0.15) is 0 Å². The molecule has 88 valence electrons. The molecule has 1 aliphatic rings. The highest BCUT2D eigenvalue weighted by molar-refractivity contribution is 5.72. The quantitative estimate of drug-likeness (QED) is 0.564. The van der Waals surface area contributed by atoms with Gasteiger partial charge >= 0.3 is 5.97 Å². The van der Waals surface area contributed by atoms with Crippen LogP contribution in [0.2, 0.25) is 0 Å². The van der Waals surface area contributed by atoms with E-state index in [1.807, 2.05) is 0 Å². The minimum atomic E-state index is -0.695. The third-order valence-corrected chi connectivity index (χ3v) is 2.68. The van der Waals surface area contributed by atoms with Gasteiger partial charge in [-0.25, -0.2) is 0 Å². The summed E-state index contributed by atoms with van der Waals surface area (Å²) >= 11 is 0. The van der Waals surface area contributed by atoms with Crippen LogP contribution in [0.3, 0.4) is 0 Å². The lowest BCUT2D eigenvalue weighted by molar-refractivity contribution is -0.146. The Hall–Kier alpha value is -0.650. The van der Waals surface area contributed by atoms with Crippen LogP contribution in [0.5, 0.6) is 0 Å². The first-order valence-corrected chi connectivity index (χ1v) is 5.28. The number of ether oxygens (including phenoxy) is 2. The highest BCUT2D eigenvalue weighted by Gasteiger charge is 2.35. The number of nitrogens with one attached hydrogen (secondary N) is 1. The Morgan fingerprint density at radius 2 is 2.20 bits per heavy atom. The van der Waals surface area contributed by atoms with Crippen molar-refractivity contribution in [2.24, 2.45) is 5.92 Å². The molecule has 1 fully saturated rings. The summed E-state index contributed by atoms with van der Waals surface area (Å²) in [5, 5.41) is 12.0. The van der Waals surface area contributed by atoms with Gasteiger partial charge in [-0.05, 0) is 12.8 Å². The first kappa shape index (κ1) is 12.4. The molecule has 0 aromatic rings. The molecule has 5 nitrogen and oxygen atoms in total. The molecule has 1 aliphatic carbocycles. The molecule has 0 spiro atoms. The normalized spacial score (nSPS) is 24.9. The lowest BCUT2D eigenvalue weighted by atomic mass is 9.79. The Morgan fingerprint density at radius 1 is 1.40 bits per heavy atom. The fraction of sp³-hybridized carbons (Fsp3) is 0.900. The molecule has 0 aromatic carbocycles. The third kappa shape index (κ3) is 4.15. The molecule has 2 unspecified atom stereocenters. The van der Waals surface area contributed by atoms with Gasteiger partial charge in [0, 0.05) is 19.7 Å². The molecule has 0 aromatic heterocycles. The van der Waals surface area contributed by atoms with E-state index in [1.54, 1.807) is 7.11 Å². The second-order valence-electron chi connectivity index (χ2n) is 3.69. The zero-order valence-corrected chi connectivity index (χ0v) is 9.07. The summed E-state index contributed by atoms with van der Waals surface area (Å²) in [6.07, 6.45) is 1.74. The van der Waals surface area contributed by atoms with Crippen LogP contribution in [0.25, 0.3) is 0 Å². The molecule has 5 heteroatoms. The van der Waals surface area contributed by atoms with Gasteiger partial charge in [0.05, 0.1) is 25.7 Å². The first-order valence-electron chi connectivity index (χ1n) is 5.28. The summed E-state index contributed by atoms with van der Waals surface area (Å²) in [5.74, 6) is -0.900. The van der Waals surface area contributed by atoms with Gasteiger partial charge in [-0.2, -0.15) is 0 Å². The summed E-state index contributed by atoms with van der Waals surface area (Å²) in [4.78, 5) is 10.7. The first-order chi connectivity index (χ1) is 7.25. The van der Waals surface area contributed by atoms with Crippen molar-refractivity contribution in [1.82, 2.24) is 5.32 Å². The molecule has 0 heterocycles. The predicted molar refractivity (Wildman–Crippen MR) is 54.8 cm³/mol. The van der Waals surface area contributed by atoms with Crippen LogP contribution in [0.4, 0.5) is 0 Å². The van der Waals surface area contributed by atoms with Gasteiger partial charge in [-0.15, -0.1) is 0 Å². The molecule has 1 saturated carbocycles. The number of hydrogen-bond acceptors (Lipinski definition) is 4. The molecule has 1 rings (SSSR count). The van der Waals surface area contributed by atoms with E-state index in [2.05, 4.69) is 5.32 Å². The van der Waals surface area contributed by atoms with Crippen molar-refractivity contribution in [3.05, 3.63) is 0 Å². The van der Waals surface area contributed by atoms with Gasteiger partial charge < -0.3 is 19.9 Å². The summed E-state index contributed by atoms with van der Waals surface area (Å²) in [6, 6.07) is 0.133. The third-order valence-electron chi connectivity index (χ3n) is 2.68. The largest absolute Gasteiger partial charge is 0.481 e. The molecule has 2 atom stereocenters. The van der Waals surface area contributed by atoms with Crippen molar-refractivity contribution < 1.29 is 19.4 Å². The zero-order chi connectivity index (χ0) is 11.1. The van der Waals surface area contributed by atoms with E-state index >= 15 is 0 Å². The maximum atomic E-state index is 10.7. The van der Waals surface area contributed by atoms with Gasteiger partial charge in [0.15, 0.2) is 0 Å². The second-order valence-corrected chi connectivity index (χ2v) is 3.69.